The lowest BCUT2D eigenvalue weighted by molar-refractivity contribution is -0.149. The maximum atomic E-state index is 11.8. The molecule has 0 unspecified atom stereocenters. The Hall–Kier alpha value is -0.950. The van der Waals surface area contributed by atoms with Gasteiger partial charge in [0.25, 0.3) is 0 Å². The summed E-state index contributed by atoms with van der Waals surface area (Å²) in [7, 11) is -2.93. The van der Waals surface area contributed by atoms with Gasteiger partial charge in [0.2, 0.25) is 11.8 Å². The molecule has 7 heteroatoms. The van der Waals surface area contributed by atoms with Gasteiger partial charge in [-0.15, -0.1) is 0 Å². The molecule has 2 fully saturated rings. The maximum Gasteiger partial charge on any atom is 0.243 e. The molecule has 0 aliphatic carbocycles. The van der Waals surface area contributed by atoms with Crippen LogP contribution >= 0.6 is 0 Å². The van der Waals surface area contributed by atoms with Gasteiger partial charge in [0.15, 0.2) is 9.84 Å². The molecule has 6 nitrogen and oxygen atoms in total. The van der Waals surface area contributed by atoms with Gasteiger partial charge >= 0.3 is 0 Å². The van der Waals surface area contributed by atoms with Crippen molar-refractivity contribution in [1.29, 1.82) is 0 Å². The van der Waals surface area contributed by atoms with Crippen LogP contribution in [0.5, 0.6) is 0 Å². The zero-order chi connectivity index (χ0) is 13.3. The maximum absolute atomic E-state index is 11.8. The lowest BCUT2D eigenvalue weighted by Gasteiger charge is -2.36. The van der Waals surface area contributed by atoms with E-state index in [0.717, 1.165) is 0 Å². The van der Waals surface area contributed by atoms with Gasteiger partial charge < -0.3 is 0 Å². The van der Waals surface area contributed by atoms with Crippen LogP contribution in [0.25, 0.3) is 0 Å². The van der Waals surface area contributed by atoms with Crippen LogP contribution in [-0.2, 0) is 19.4 Å². The predicted octanol–water partition coefficient (Wildman–Crippen LogP) is -0.746. The Balaban J connectivity index is 1.97. The van der Waals surface area contributed by atoms with Crippen LogP contribution in [0.15, 0.2) is 0 Å². The zero-order valence-electron chi connectivity index (χ0n) is 10.5. The SMILES string of the molecule is CCC(=O)N1CCN([C@H]2CCS(=O)(=O)C2)CC1=O. The molecule has 2 heterocycles. The van der Waals surface area contributed by atoms with E-state index in [1.807, 2.05) is 4.90 Å². The van der Waals surface area contributed by atoms with Crippen molar-refractivity contribution >= 4 is 21.7 Å². The van der Waals surface area contributed by atoms with Crippen molar-refractivity contribution in [1.82, 2.24) is 9.80 Å². The monoisotopic (exact) mass is 274 g/mol. The van der Waals surface area contributed by atoms with Gasteiger partial charge in [-0.25, -0.2) is 8.42 Å². The van der Waals surface area contributed by atoms with Crippen molar-refractivity contribution < 1.29 is 18.0 Å². The third-order valence-electron chi connectivity index (χ3n) is 3.58. The normalized spacial score (nSPS) is 28.6. The first-order valence-electron chi connectivity index (χ1n) is 6.20. The Morgan fingerprint density at radius 1 is 1.39 bits per heavy atom. The Bertz CT molecular complexity index is 460. The van der Waals surface area contributed by atoms with E-state index in [-0.39, 0.29) is 35.9 Å². The zero-order valence-corrected chi connectivity index (χ0v) is 11.3. The summed E-state index contributed by atoms with van der Waals surface area (Å²) in [5.41, 5.74) is 0. The number of sulfone groups is 1. The summed E-state index contributed by atoms with van der Waals surface area (Å²) in [6, 6.07) is -0.0576. The smallest absolute Gasteiger partial charge is 0.243 e. The number of piperazine rings is 1. The second kappa shape index (κ2) is 4.97. The Morgan fingerprint density at radius 3 is 2.61 bits per heavy atom. The van der Waals surface area contributed by atoms with Crippen molar-refractivity contribution in [2.75, 3.05) is 31.1 Å². The van der Waals surface area contributed by atoms with Crippen molar-refractivity contribution in [2.24, 2.45) is 0 Å². The van der Waals surface area contributed by atoms with Gasteiger partial charge in [0, 0.05) is 25.6 Å². The average Bonchev–Trinajstić information content (AvgIpc) is 2.68. The number of rotatable bonds is 2. The van der Waals surface area contributed by atoms with E-state index in [1.165, 1.54) is 4.90 Å². The van der Waals surface area contributed by atoms with Crippen LogP contribution in [0, 0.1) is 0 Å². The fourth-order valence-electron chi connectivity index (χ4n) is 2.52. The molecule has 2 saturated heterocycles. The summed E-state index contributed by atoms with van der Waals surface area (Å²) < 4.78 is 22.8. The van der Waals surface area contributed by atoms with Gasteiger partial charge in [-0.2, -0.15) is 0 Å². The van der Waals surface area contributed by atoms with Crippen LogP contribution in [-0.4, -0.2) is 67.2 Å². The number of amides is 2. The second-order valence-corrected chi connectivity index (χ2v) is 7.05. The van der Waals surface area contributed by atoms with Gasteiger partial charge in [-0.3, -0.25) is 19.4 Å². The van der Waals surface area contributed by atoms with E-state index in [1.54, 1.807) is 6.92 Å². The van der Waals surface area contributed by atoms with Gasteiger partial charge in [0.1, 0.15) is 0 Å². The molecule has 2 aliphatic rings. The Labute approximate surface area is 107 Å². The topological polar surface area (TPSA) is 74.8 Å². The molecule has 0 spiro atoms. The molecule has 1 atom stereocenters. The van der Waals surface area contributed by atoms with Crippen molar-refractivity contribution in [3.05, 3.63) is 0 Å². The van der Waals surface area contributed by atoms with Crippen LogP contribution in [0.1, 0.15) is 19.8 Å². The highest BCUT2D eigenvalue weighted by molar-refractivity contribution is 7.91. The first kappa shape index (κ1) is 13.5. The van der Waals surface area contributed by atoms with Crippen LogP contribution in [0.2, 0.25) is 0 Å². The quantitative estimate of drug-likeness (QED) is 0.662. The first-order valence-corrected chi connectivity index (χ1v) is 8.03. The molecular weight excluding hydrogens is 256 g/mol. The highest BCUT2D eigenvalue weighted by atomic mass is 32.2. The molecule has 0 aromatic carbocycles. The average molecular weight is 274 g/mol. The highest BCUT2D eigenvalue weighted by Crippen LogP contribution is 2.19. The molecule has 0 radical (unpaired) electrons. The largest absolute Gasteiger partial charge is 0.289 e. The summed E-state index contributed by atoms with van der Waals surface area (Å²) in [6.07, 6.45) is 0.918. The number of hydrogen-bond acceptors (Lipinski definition) is 5. The molecular formula is C11H18N2O4S. The Morgan fingerprint density at radius 2 is 2.11 bits per heavy atom. The minimum absolute atomic E-state index is 0.0576. The predicted molar refractivity (Wildman–Crippen MR) is 65.6 cm³/mol. The minimum atomic E-state index is -2.93. The third-order valence-corrected chi connectivity index (χ3v) is 5.33. The number of imide groups is 1. The van der Waals surface area contributed by atoms with Crippen molar-refractivity contribution in [3.63, 3.8) is 0 Å². The number of hydrogen-bond donors (Lipinski definition) is 0. The second-order valence-electron chi connectivity index (χ2n) is 4.82. The van der Waals surface area contributed by atoms with E-state index in [4.69, 9.17) is 0 Å². The molecule has 0 aromatic rings. The molecule has 18 heavy (non-hydrogen) atoms. The van der Waals surface area contributed by atoms with Gasteiger partial charge in [-0.05, 0) is 6.42 Å². The summed E-state index contributed by atoms with van der Waals surface area (Å²) in [6.45, 7) is 2.84. The molecule has 2 amide bonds. The standard InChI is InChI=1S/C11H18N2O4S/c1-2-10(14)13-5-4-12(7-11(13)15)9-3-6-18(16,17)8-9/h9H,2-8H2,1H3/t9-/m0/s1. The summed E-state index contributed by atoms with van der Waals surface area (Å²) >= 11 is 0. The lowest BCUT2D eigenvalue weighted by atomic mass is 10.2. The minimum Gasteiger partial charge on any atom is -0.289 e. The summed E-state index contributed by atoms with van der Waals surface area (Å²) in [5.74, 6) is -0.0156. The van der Waals surface area contributed by atoms with Gasteiger partial charge in [-0.1, -0.05) is 6.92 Å². The highest BCUT2D eigenvalue weighted by Gasteiger charge is 2.36. The van der Waals surface area contributed by atoms with E-state index in [9.17, 15) is 18.0 Å². The molecule has 0 bridgehead atoms. The number of carbonyl (C=O) groups excluding carboxylic acids is 2. The molecule has 2 rings (SSSR count). The first-order chi connectivity index (χ1) is 8.43. The molecule has 0 N–H and O–H groups in total. The number of nitrogens with zero attached hydrogens (tertiary/aromatic N) is 2. The molecule has 0 aromatic heterocycles. The number of carbonyl (C=O) groups is 2. The fraction of sp³-hybridized carbons (Fsp3) is 0.818. The van der Waals surface area contributed by atoms with Crippen LogP contribution in [0.3, 0.4) is 0 Å². The van der Waals surface area contributed by atoms with Crippen molar-refractivity contribution in [2.45, 2.75) is 25.8 Å². The lowest BCUT2D eigenvalue weighted by Crippen LogP contribution is -2.55. The fourth-order valence-corrected chi connectivity index (χ4v) is 4.28. The van der Waals surface area contributed by atoms with Crippen LogP contribution < -0.4 is 0 Å². The molecule has 0 saturated carbocycles. The molecule has 102 valence electrons. The Kier molecular flexibility index (Phi) is 3.72. The van der Waals surface area contributed by atoms with Gasteiger partial charge in [0.05, 0.1) is 18.1 Å². The van der Waals surface area contributed by atoms with E-state index in [2.05, 4.69) is 0 Å². The van der Waals surface area contributed by atoms with E-state index in [0.29, 0.717) is 25.9 Å². The van der Waals surface area contributed by atoms with E-state index < -0.39 is 9.84 Å². The molecule has 2 aliphatic heterocycles. The van der Waals surface area contributed by atoms with Crippen LogP contribution in [0.4, 0.5) is 0 Å². The van der Waals surface area contributed by atoms with E-state index >= 15 is 0 Å². The van der Waals surface area contributed by atoms with Crippen molar-refractivity contribution in [3.8, 4) is 0 Å². The summed E-state index contributed by atoms with van der Waals surface area (Å²) in [5, 5.41) is 0. The summed E-state index contributed by atoms with van der Waals surface area (Å²) in [4.78, 5) is 26.5. The third kappa shape index (κ3) is 2.72.